The highest BCUT2D eigenvalue weighted by Crippen LogP contribution is 2.46. The van der Waals surface area contributed by atoms with E-state index in [0.29, 0.717) is 22.4 Å². The molecule has 1 aliphatic rings. The molecule has 0 fully saturated rings. The molecular weight excluding hydrogens is 226 g/mol. The highest BCUT2D eigenvalue weighted by molar-refractivity contribution is 6.33. The molecule has 1 aromatic carbocycles. The Labute approximate surface area is 100 Å². The van der Waals surface area contributed by atoms with E-state index in [4.69, 9.17) is 26.8 Å². The van der Waals surface area contributed by atoms with Crippen LogP contribution in [0.25, 0.3) is 0 Å². The van der Waals surface area contributed by atoms with Crippen molar-refractivity contribution in [3.63, 3.8) is 0 Å². The topological polar surface area (TPSA) is 44.5 Å². The van der Waals surface area contributed by atoms with Crippen LogP contribution >= 0.6 is 11.6 Å². The number of methoxy groups -OCH3 is 2. The summed E-state index contributed by atoms with van der Waals surface area (Å²) in [5.74, 6) is 1.66. The van der Waals surface area contributed by atoms with E-state index in [9.17, 15) is 0 Å². The van der Waals surface area contributed by atoms with Crippen molar-refractivity contribution in [1.29, 1.82) is 0 Å². The Balaban J connectivity index is 2.61. The Kier molecular flexibility index (Phi) is 3.00. The van der Waals surface area contributed by atoms with Gasteiger partial charge in [0.25, 0.3) is 0 Å². The molecule has 0 aliphatic heterocycles. The van der Waals surface area contributed by atoms with Gasteiger partial charge in [-0.3, -0.25) is 0 Å². The Hall–Kier alpha value is -0.930. The van der Waals surface area contributed by atoms with Gasteiger partial charge in [0.2, 0.25) is 0 Å². The van der Waals surface area contributed by atoms with E-state index in [2.05, 4.69) is 6.92 Å². The molecule has 88 valence electrons. The molecular formula is C12H16ClNO2. The van der Waals surface area contributed by atoms with E-state index < -0.39 is 0 Å². The van der Waals surface area contributed by atoms with Gasteiger partial charge >= 0.3 is 0 Å². The zero-order valence-electron chi connectivity index (χ0n) is 9.71. The van der Waals surface area contributed by atoms with Gasteiger partial charge in [-0.2, -0.15) is 0 Å². The zero-order valence-corrected chi connectivity index (χ0v) is 10.5. The standard InChI is InChI=1S/C12H16ClNO2/c1-6-4-7-8(11(6)14)5-9(15-2)12(16-3)10(7)13/h5-6,11H,4,14H2,1-3H3. The molecule has 0 amide bonds. The van der Waals surface area contributed by atoms with Crippen LogP contribution in [0.4, 0.5) is 0 Å². The maximum Gasteiger partial charge on any atom is 0.179 e. The first kappa shape index (κ1) is 11.6. The molecule has 0 spiro atoms. The van der Waals surface area contributed by atoms with Gasteiger partial charge < -0.3 is 15.2 Å². The normalized spacial score (nSPS) is 23.1. The average molecular weight is 242 g/mol. The maximum absolute atomic E-state index is 6.31. The molecule has 2 unspecified atom stereocenters. The molecule has 0 bridgehead atoms. The minimum absolute atomic E-state index is 0.0345. The number of ether oxygens (including phenoxy) is 2. The minimum Gasteiger partial charge on any atom is -0.493 e. The lowest BCUT2D eigenvalue weighted by Gasteiger charge is -2.14. The van der Waals surface area contributed by atoms with E-state index in [0.717, 1.165) is 17.5 Å². The van der Waals surface area contributed by atoms with Crippen LogP contribution in [0.1, 0.15) is 24.1 Å². The minimum atomic E-state index is 0.0345. The van der Waals surface area contributed by atoms with Gasteiger partial charge in [-0.25, -0.2) is 0 Å². The summed E-state index contributed by atoms with van der Waals surface area (Å²) < 4.78 is 10.5. The van der Waals surface area contributed by atoms with Gasteiger partial charge in [-0.15, -0.1) is 0 Å². The van der Waals surface area contributed by atoms with E-state index in [1.807, 2.05) is 6.07 Å². The fourth-order valence-corrected chi connectivity index (χ4v) is 2.62. The van der Waals surface area contributed by atoms with Crippen LogP contribution in [0.2, 0.25) is 5.02 Å². The van der Waals surface area contributed by atoms with Gasteiger partial charge in [0, 0.05) is 6.04 Å². The van der Waals surface area contributed by atoms with Crippen molar-refractivity contribution in [3.8, 4) is 11.5 Å². The van der Waals surface area contributed by atoms with Crippen molar-refractivity contribution in [1.82, 2.24) is 0 Å². The number of fused-ring (bicyclic) bond motifs is 1. The molecule has 16 heavy (non-hydrogen) atoms. The zero-order chi connectivity index (χ0) is 11.9. The third kappa shape index (κ3) is 1.55. The number of hydrogen-bond acceptors (Lipinski definition) is 3. The van der Waals surface area contributed by atoms with Crippen LogP contribution in [-0.4, -0.2) is 14.2 Å². The summed E-state index contributed by atoms with van der Waals surface area (Å²) >= 11 is 6.31. The van der Waals surface area contributed by atoms with Gasteiger partial charge in [0.05, 0.1) is 19.2 Å². The highest BCUT2D eigenvalue weighted by atomic mass is 35.5. The number of benzene rings is 1. The van der Waals surface area contributed by atoms with Crippen LogP contribution in [0.5, 0.6) is 11.5 Å². The molecule has 0 saturated carbocycles. The molecule has 2 rings (SSSR count). The summed E-state index contributed by atoms with van der Waals surface area (Å²) in [4.78, 5) is 0. The van der Waals surface area contributed by atoms with Crippen LogP contribution in [0, 0.1) is 5.92 Å². The van der Waals surface area contributed by atoms with Gasteiger partial charge in [0.1, 0.15) is 0 Å². The fraction of sp³-hybridized carbons (Fsp3) is 0.500. The number of halogens is 1. The van der Waals surface area contributed by atoms with E-state index in [-0.39, 0.29) is 6.04 Å². The van der Waals surface area contributed by atoms with Crippen molar-refractivity contribution in [2.45, 2.75) is 19.4 Å². The molecule has 2 atom stereocenters. The Bertz CT molecular complexity index is 420. The number of rotatable bonds is 2. The lowest BCUT2D eigenvalue weighted by atomic mass is 10.0. The molecule has 0 heterocycles. The second-order valence-electron chi connectivity index (χ2n) is 4.20. The number of nitrogens with two attached hydrogens (primary N) is 1. The molecule has 0 radical (unpaired) electrons. The second kappa shape index (κ2) is 4.15. The van der Waals surface area contributed by atoms with E-state index >= 15 is 0 Å². The molecule has 1 aliphatic carbocycles. The monoisotopic (exact) mass is 241 g/mol. The summed E-state index contributed by atoms with van der Waals surface area (Å²) in [6, 6.07) is 1.97. The molecule has 3 nitrogen and oxygen atoms in total. The molecule has 1 aromatic rings. The van der Waals surface area contributed by atoms with Gasteiger partial charge in [-0.1, -0.05) is 18.5 Å². The first-order valence-corrected chi connectivity index (χ1v) is 5.66. The lowest BCUT2D eigenvalue weighted by molar-refractivity contribution is 0.354. The van der Waals surface area contributed by atoms with Crippen molar-refractivity contribution in [2.75, 3.05) is 14.2 Å². The fourth-order valence-electron chi connectivity index (χ4n) is 2.27. The quantitative estimate of drug-likeness (QED) is 0.866. The number of hydrogen-bond donors (Lipinski definition) is 1. The van der Waals surface area contributed by atoms with Crippen molar-refractivity contribution in [2.24, 2.45) is 11.7 Å². The first-order chi connectivity index (χ1) is 7.60. The largest absolute Gasteiger partial charge is 0.493 e. The second-order valence-corrected chi connectivity index (χ2v) is 4.58. The van der Waals surface area contributed by atoms with Crippen LogP contribution in [0.15, 0.2) is 6.07 Å². The Morgan fingerprint density at radius 3 is 2.62 bits per heavy atom. The summed E-state index contributed by atoms with van der Waals surface area (Å²) in [6.07, 6.45) is 0.898. The van der Waals surface area contributed by atoms with Crippen LogP contribution in [0.3, 0.4) is 0 Å². The molecule has 2 N–H and O–H groups in total. The average Bonchev–Trinajstić information content (AvgIpc) is 2.56. The van der Waals surface area contributed by atoms with Gasteiger partial charge in [-0.05, 0) is 29.5 Å². The summed E-state index contributed by atoms with van der Waals surface area (Å²) in [6.45, 7) is 2.12. The van der Waals surface area contributed by atoms with Crippen molar-refractivity contribution in [3.05, 3.63) is 22.2 Å². The predicted octanol–water partition coefficient (Wildman–Crippen LogP) is 2.55. The van der Waals surface area contributed by atoms with E-state index in [1.165, 1.54) is 0 Å². The van der Waals surface area contributed by atoms with Crippen LogP contribution in [-0.2, 0) is 6.42 Å². The molecule has 0 aromatic heterocycles. The molecule has 0 saturated heterocycles. The first-order valence-electron chi connectivity index (χ1n) is 5.29. The SMILES string of the molecule is COc1cc2c(c(Cl)c1OC)CC(C)C2N. The van der Waals surface area contributed by atoms with Crippen molar-refractivity contribution < 1.29 is 9.47 Å². The Morgan fingerprint density at radius 2 is 2.06 bits per heavy atom. The highest BCUT2D eigenvalue weighted by Gasteiger charge is 2.31. The Morgan fingerprint density at radius 1 is 1.38 bits per heavy atom. The third-order valence-corrected chi connectivity index (χ3v) is 3.65. The summed E-state index contributed by atoms with van der Waals surface area (Å²) in [7, 11) is 3.19. The van der Waals surface area contributed by atoms with E-state index in [1.54, 1.807) is 14.2 Å². The van der Waals surface area contributed by atoms with Gasteiger partial charge in [0.15, 0.2) is 11.5 Å². The summed E-state index contributed by atoms with van der Waals surface area (Å²) in [5, 5.41) is 0.636. The third-order valence-electron chi connectivity index (χ3n) is 3.25. The summed E-state index contributed by atoms with van der Waals surface area (Å²) in [5.41, 5.74) is 8.29. The smallest absolute Gasteiger partial charge is 0.179 e. The lowest BCUT2D eigenvalue weighted by Crippen LogP contribution is -2.13. The maximum atomic E-state index is 6.31. The van der Waals surface area contributed by atoms with Crippen LogP contribution < -0.4 is 15.2 Å². The van der Waals surface area contributed by atoms with Crippen molar-refractivity contribution >= 4 is 11.6 Å². The molecule has 4 heteroatoms. The predicted molar refractivity (Wildman–Crippen MR) is 64.4 cm³/mol.